The lowest BCUT2D eigenvalue weighted by Crippen LogP contribution is -2.24. The monoisotopic (exact) mass is 981 g/mol. The van der Waals surface area contributed by atoms with E-state index in [1.807, 2.05) is 12.1 Å². The Morgan fingerprint density at radius 2 is 0.868 bits per heavy atom. The molecule has 3 aliphatic rings. The molecule has 3 aromatic heterocycles. The Hall–Kier alpha value is -8.60. The predicted molar refractivity (Wildman–Crippen MR) is 315 cm³/mol. The number of para-hydroxylation sites is 3. The molecule has 0 spiro atoms. The summed E-state index contributed by atoms with van der Waals surface area (Å²) in [6.45, 7) is 21.3. The van der Waals surface area contributed by atoms with Crippen LogP contribution in [0.4, 0.5) is 17.1 Å². The second kappa shape index (κ2) is 14.6. The minimum absolute atomic E-state index is 0.236. The topological polar surface area (TPSA) is 42.7 Å². The smallest absolute Gasteiger partial charge is 0.144 e. The molecule has 0 amide bonds. The molecular weight excluding hydrogens is 927 g/mol. The van der Waals surface area contributed by atoms with Crippen molar-refractivity contribution in [3.05, 3.63) is 220 Å². The van der Waals surface area contributed by atoms with Crippen LogP contribution in [-0.2, 0) is 16.2 Å². The number of aryl methyl sites for hydroxylation is 3. The van der Waals surface area contributed by atoms with Crippen LogP contribution in [0.3, 0.4) is 0 Å². The van der Waals surface area contributed by atoms with Crippen LogP contribution < -0.4 is 4.90 Å². The van der Waals surface area contributed by atoms with Crippen LogP contribution in [0.25, 0.3) is 110 Å². The summed E-state index contributed by atoms with van der Waals surface area (Å²) >= 11 is 0. The summed E-state index contributed by atoms with van der Waals surface area (Å²) in [5.74, 6) is 0. The van der Waals surface area contributed by atoms with E-state index in [0.29, 0.717) is 0 Å². The highest BCUT2D eigenvalue weighted by molar-refractivity contribution is 6.22. The molecule has 0 saturated heterocycles. The van der Waals surface area contributed by atoms with E-state index in [1.165, 1.54) is 105 Å². The summed E-state index contributed by atoms with van der Waals surface area (Å²) in [7, 11) is 0. The highest BCUT2D eigenvalue weighted by Crippen LogP contribution is 2.64. The standard InChI is InChI=1S/C72H55NO3/c1-38-32-39(2)67(40(3)33-38)73(43-28-30-47-54(36-43)72(8,9)65-61(47)63-49-21-13-17-25-58(49)76-69(63)64-45-19-10-14-22-52(45)71(6,7)66(64)65)42-27-29-46-53(35-42)70(4,5)55-37-50(68-62(60(46)55)48-20-12-16-24-57(48)75-68)41-26-31-59-51(34-41)44-18-11-15-23-56(44)74-59/h10-37H,1-9H3. The van der Waals surface area contributed by atoms with Gasteiger partial charge in [-0.05, 0) is 159 Å². The summed E-state index contributed by atoms with van der Waals surface area (Å²) < 4.78 is 20.3. The van der Waals surface area contributed by atoms with Crippen molar-refractivity contribution in [2.24, 2.45) is 0 Å². The molecule has 3 aliphatic carbocycles. The van der Waals surface area contributed by atoms with Gasteiger partial charge in [-0.3, -0.25) is 0 Å². The number of benzene rings is 10. The molecule has 3 heterocycles. The number of hydrogen-bond acceptors (Lipinski definition) is 4. The maximum absolute atomic E-state index is 7.02. The third-order valence-electron chi connectivity index (χ3n) is 18.2. The first-order chi connectivity index (χ1) is 36.7. The molecule has 0 bridgehead atoms. The van der Waals surface area contributed by atoms with Crippen LogP contribution in [0.2, 0.25) is 0 Å². The highest BCUT2D eigenvalue weighted by Gasteiger charge is 2.49. The summed E-state index contributed by atoms with van der Waals surface area (Å²) in [5, 5.41) is 6.90. The van der Waals surface area contributed by atoms with Crippen LogP contribution in [0.1, 0.15) is 91.6 Å². The molecule has 366 valence electrons. The number of nitrogens with zero attached hydrogens (tertiary/aromatic N) is 1. The summed E-state index contributed by atoms with van der Waals surface area (Å²) in [6.07, 6.45) is 0. The fraction of sp³-hybridized carbons (Fsp3) is 0.167. The second-order valence-electron chi connectivity index (χ2n) is 23.7. The molecule has 4 heteroatoms. The zero-order chi connectivity index (χ0) is 51.5. The van der Waals surface area contributed by atoms with Gasteiger partial charge in [-0.1, -0.05) is 156 Å². The Kier molecular flexibility index (Phi) is 8.42. The Morgan fingerprint density at radius 1 is 0.355 bits per heavy atom. The molecular formula is C72H55NO3. The molecule has 0 N–H and O–H groups in total. The van der Waals surface area contributed by atoms with Crippen LogP contribution >= 0.6 is 0 Å². The van der Waals surface area contributed by atoms with Gasteiger partial charge in [0.25, 0.3) is 0 Å². The minimum atomic E-state index is -0.359. The van der Waals surface area contributed by atoms with E-state index >= 15 is 0 Å². The van der Waals surface area contributed by atoms with E-state index in [4.69, 9.17) is 13.3 Å². The molecule has 10 aromatic carbocycles. The van der Waals surface area contributed by atoms with Gasteiger partial charge in [-0.2, -0.15) is 0 Å². The van der Waals surface area contributed by atoms with Crippen molar-refractivity contribution >= 4 is 82.9 Å². The first-order valence-corrected chi connectivity index (χ1v) is 26.9. The number of rotatable bonds is 4. The van der Waals surface area contributed by atoms with E-state index < -0.39 is 0 Å². The van der Waals surface area contributed by atoms with Crippen molar-refractivity contribution in [2.45, 2.75) is 78.6 Å². The lowest BCUT2D eigenvalue weighted by molar-refractivity contribution is 0.600. The Morgan fingerprint density at radius 3 is 1.55 bits per heavy atom. The summed E-state index contributed by atoms with van der Waals surface area (Å²) in [6, 6.07) is 62.8. The Labute approximate surface area is 441 Å². The fourth-order valence-corrected chi connectivity index (χ4v) is 14.9. The van der Waals surface area contributed by atoms with Gasteiger partial charge in [0, 0.05) is 71.1 Å². The average molecular weight is 982 g/mol. The molecule has 0 saturated carbocycles. The minimum Gasteiger partial charge on any atom is -0.456 e. The molecule has 13 aromatic rings. The zero-order valence-corrected chi connectivity index (χ0v) is 44.3. The van der Waals surface area contributed by atoms with Gasteiger partial charge in [0.05, 0.1) is 5.69 Å². The van der Waals surface area contributed by atoms with Crippen molar-refractivity contribution in [3.8, 4) is 44.5 Å². The van der Waals surface area contributed by atoms with Crippen LogP contribution in [-0.4, -0.2) is 0 Å². The lowest BCUT2D eigenvalue weighted by Gasteiger charge is -2.33. The van der Waals surface area contributed by atoms with E-state index in [9.17, 15) is 0 Å². The normalized spacial score (nSPS) is 15.2. The van der Waals surface area contributed by atoms with Crippen molar-refractivity contribution in [1.29, 1.82) is 0 Å². The first-order valence-electron chi connectivity index (χ1n) is 26.9. The maximum atomic E-state index is 7.02. The number of hydrogen-bond donors (Lipinski definition) is 0. The van der Waals surface area contributed by atoms with Gasteiger partial charge >= 0.3 is 0 Å². The van der Waals surface area contributed by atoms with Gasteiger partial charge in [0.2, 0.25) is 0 Å². The van der Waals surface area contributed by atoms with E-state index in [0.717, 1.165) is 72.2 Å². The quantitative estimate of drug-likeness (QED) is 0.176. The van der Waals surface area contributed by atoms with Crippen molar-refractivity contribution in [1.82, 2.24) is 0 Å². The number of furan rings is 3. The maximum Gasteiger partial charge on any atom is 0.144 e. The summed E-state index contributed by atoms with van der Waals surface area (Å²) in [5.41, 5.74) is 29.7. The Balaban J connectivity index is 0.912. The predicted octanol–water partition coefficient (Wildman–Crippen LogP) is 20.4. The van der Waals surface area contributed by atoms with Crippen LogP contribution in [0, 0.1) is 20.8 Å². The number of anilines is 3. The molecule has 0 fully saturated rings. The first kappa shape index (κ1) is 43.8. The molecule has 16 rings (SSSR count). The molecule has 0 radical (unpaired) electrons. The van der Waals surface area contributed by atoms with Gasteiger partial charge in [0.15, 0.2) is 0 Å². The summed E-state index contributed by atoms with van der Waals surface area (Å²) in [4.78, 5) is 2.55. The van der Waals surface area contributed by atoms with Crippen molar-refractivity contribution < 1.29 is 13.3 Å². The van der Waals surface area contributed by atoms with Gasteiger partial charge in [0.1, 0.15) is 33.5 Å². The van der Waals surface area contributed by atoms with Crippen molar-refractivity contribution in [3.63, 3.8) is 0 Å². The molecule has 0 aliphatic heterocycles. The van der Waals surface area contributed by atoms with Gasteiger partial charge < -0.3 is 18.2 Å². The van der Waals surface area contributed by atoms with Crippen LogP contribution in [0.15, 0.2) is 183 Å². The fourth-order valence-electron chi connectivity index (χ4n) is 14.9. The van der Waals surface area contributed by atoms with Crippen LogP contribution in [0.5, 0.6) is 0 Å². The van der Waals surface area contributed by atoms with Gasteiger partial charge in [-0.25, -0.2) is 0 Å². The average Bonchev–Trinajstić information content (AvgIpc) is 4.34. The zero-order valence-electron chi connectivity index (χ0n) is 44.3. The second-order valence-corrected chi connectivity index (χ2v) is 23.7. The lowest BCUT2D eigenvalue weighted by atomic mass is 9.72. The van der Waals surface area contributed by atoms with Crippen molar-refractivity contribution in [2.75, 3.05) is 4.90 Å². The SMILES string of the molecule is Cc1cc(C)c(N(c2ccc3c(c2)C(C)(C)c2cc(-c4ccc5oc6ccccc6c5c4)c4oc5ccccc5c4c2-3)c2ccc3c(c2)C(C)(C)c2c4c(c5oc6ccccc6c5c2-3)-c2ccccc2C4(C)C)c(C)c1. The van der Waals surface area contributed by atoms with E-state index in [2.05, 4.69) is 225 Å². The molecule has 76 heavy (non-hydrogen) atoms. The molecule has 4 nitrogen and oxygen atoms in total. The van der Waals surface area contributed by atoms with Gasteiger partial charge in [-0.15, -0.1) is 0 Å². The molecule has 0 atom stereocenters. The molecule has 0 unspecified atom stereocenters. The van der Waals surface area contributed by atoms with E-state index in [-0.39, 0.29) is 16.2 Å². The van der Waals surface area contributed by atoms with E-state index in [1.54, 1.807) is 0 Å². The third-order valence-corrected chi connectivity index (χ3v) is 18.2. The largest absolute Gasteiger partial charge is 0.456 e. The highest BCUT2D eigenvalue weighted by atomic mass is 16.3. The third kappa shape index (κ3) is 5.48. The Bertz CT molecular complexity index is 4750. The number of fused-ring (bicyclic) bond motifs is 22.